The first-order chi connectivity index (χ1) is 7.25. The molecular weight excluding hydrogens is 206 g/mol. The SMILES string of the molecule is CC(O)C1CCN(CCc2cccs2)C1. The number of thiophene rings is 1. The molecule has 2 atom stereocenters. The predicted molar refractivity (Wildman–Crippen MR) is 64.3 cm³/mol. The first-order valence-corrected chi connectivity index (χ1v) is 6.56. The highest BCUT2D eigenvalue weighted by molar-refractivity contribution is 7.09. The van der Waals surface area contributed by atoms with Gasteiger partial charge in [-0.3, -0.25) is 0 Å². The summed E-state index contributed by atoms with van der Waals surface area (Å²) in [5.74, 6) is 0.494. The van der Waals surface area contributed by atoms with Crippen molar-refractivity contribution >= 4 is 11.3 Å². The van der Waals surface area contributed by atoms with Crippen LogP contribution in [0, 0.1) is 5.92 Å². The van der Waals surface area contributed by atoms with Crippen molar-refractivity contribution in [1.29, 1.82) is 0 Å². The molecule has 2 unspecified atom stereocenters. The third-order valence-electron chi connectivity index (χ3n) is 3.25. The summed E-state index contributed by atoms with van der Waals surface area (Å²) >= 11 is 1.84. The molecule has 0 spiro atoms. The summed E-state index contributed by atoms with van der Waals surface area (Å²) in [5, 5.41) is 11.6. The van der Waals surface area contributed by atoms with E-state index in [1.807, 2.05) is 18.3 Å². The summed E-state index contributed by atoms with van der Waals surface area (Å²) in [5.41, 5.74) is 0. The quantitative estimate of drug-likeness (QED) is 0.847. The van der Waals surface area contributed by atoms with Crippen molar-refractivity contribution in [3.63, 3.8) is 0 Å². The lowest BCUT2D eigenvalue weighted by Crippen LogP contribution is -2.26. The first-order valence-electron chi connectivity index (χ1n) is 5.68. The second-order valence-corrected chi connectivity index (χ2v) is 5.45. The van der Waals surface area contributed by atoms with Crippen LogP contribution in [0.4, 0.5) is 0 Å². The van der Waals surface area contributed by atoms with E-state index in [-0.39, 0.29) is 6.10 Å². The van der Waals surface area contributed by atoms with E-state index in [1.165, 1.54) is 4.88 Å². The number of hydrogen-bond acceptors (Lipinski definition) is 3. The fraction of sp³-hybridized carbons (Fsp3) is 0.667. The van der Waals surface area contributed by atoms with Crippen molar-refractivity contribution in [2.75, 3.05) is 19.6 Å². The van der Waals surface area contributed by atoms with E-state index in [4.69, 9.17) is 0 Å². The maximum Gasteiger partial charge on any atom is 0.0552 e. The Hall–Kier alpha value is -0.380. The molecule has 1 fully saturated rings. The molecule has 0 radical (unpaired) electrons. The van der Waals surface area contributed by atoms with E-state index >= 15 is 0 Å². The minimum absolute atomic E-state index is 0.142. The molecule has 0 bridgehead atoms. The van der Waals surface area contributed by atoms with Gasteiger partial charge in [-0.05, 0) is 43.7 Å². The zero-order valence-corrected chi connectivity index (χ0v) is 10.0. The van der Waals surface area contributed by atoms with Crippen LogP contribution in [0.15, 0.2) is 17.5 Å². The van der Waals surface area contributed by atoms with Crippen LogP contribution in [0.1, 0.15) is 18.2 Å². The third-order valence-corrected chi connectivity index (χ3v) is 4.18. The van der Waals surface area contributed by atoms with Gasteiger partial charge < -0.3 is 10.0 Å². The molecule has 2 rings (SSSR count). The minimum Gasteiger partial charge on any atom is -0.393 e. The summed E-state index contributed by atoms with van der Waals surface area (Å²) in [4.78, 5) is 3.94. The average Bonchev–Trinajstić information content (AvgIpc) is 2.86. The van der Waals surface area contributed by atoms with Gasteiger partial charge in [0.2, 0.25) is 0 Å². The van der Waals surface area contributed by atoms with Gasteiger partial charge in [-0.15, -0.1) is 11.3 Å². The van der Waals surface area contributed by atoms with E-state index in [1.54, 1.807) is 0 Å². The van der Waals surface area contributed by atoms with Gasteiger partial charge in [-0.25, -0.2) is 0 Å². The standard InChI is InChI=1S/C12H19NOS/c1-10(14)11-4-6-13(9-11)7-5-12-3-2-8-15-12/h2-3,8,10-11,14H,4-7,9H2,1H3. The van der Waals surface area contributed by atoms with Gasteiger partial charge >= 0.3 is 0 Å². The summed E-state index contributed by atoms with van der Waals surface area (Å²) in [7, 11) is 0. The van der Waals surface area contributed by atoms with Crippen LogP contribution in [0.5, 0.6) is 0 Å². The number of likely N-dealkylation sites (tertiary alicyclic amines) is 1. The zero-order chi connectivity index (χ0) is 10.7. The molecule has 2 heterocycles. The van der Waals surface area contributed by atoms with Crippen LogP contribution in [-0.2, 0) is 6.42 Å². The highest BCUT2D eigenvalue weighted by atomic mass is 32.1. The van der Waals surface area contributed by atoms with Crippen molar-refractivity contribution in [3.05, 3.63) is 22.4 Å². The molecule has 1 aromatic rings. The van der Waals surface area contributed by atoms with Crippen LogP contribution >= 0.6 is 11.3 Å². The Kier molecular flexibility index (Phi) is 3.78. The summed E-state index contributed by atoms with van der Waals surface area (Å²) in [6.07, 6.45) is 2.17. The normalized spacial score (nSPS) is 24.5. The van der Waals surface area contributed by atoms with E-state index in [9.17, 15) is 5.11 Å². The molecule has 0 aliphatic carbocycles. The summed E-state index contributed by atoms with van der Waals surface area (Å²) in [6.45, 7) is 5.28. The molecule has 1 aliphatic heterocycles. The van der Waals surface area contributed by atoms with Gasteiger partial charge in [0.25, 0.3) is 0 Å². The van der Waals surface area contributed by atoms with E-state index in [0.29, 0.717) is 5.92 Å². The Morgan fingerprint density at radius 3 is 3.13 bits per heavy atom. The van der Waals surface area contributed by atoms with Crippen molar-refractivity contribution in [3.8, 4) is 0 Å². The van der Waals surface area contributed by atoms with Gasteiger partial charge in [0.05, 0.1) is 6.10 Å². The van der Waals surface area contributed by atoms with Crippen molar-refractivity contribution in [1.82, 2.24) is 4.90 Å². The number of aliphatic hydroxyl groups excluding tert-OH is 1. The van der Waals surface area contributed by atoms with Crippen LogP contribution in [0.3, 0.4) is 0 Å². The molecule has 0 aromatic carbocycles. The number of rotatable bonds is 4. The lowest BCUT2D eigenvalue weighted by atomic mass is 10.0. The highest BCUT2D eigenvalue weighted by Crippen LogP contribution is 2.20. The van der Waals surface area contributed by atoms with E-state index < -0.39 is 0 Å². The fourth-order valence-corrected chi connectivity index (χ4v) is 2.88. The Balaban J connectivity index is 1.73. The topological polar surface area (TPSA) is 23.5 Å². The zero-order valence-electron chi connectivity index (χ0n) is 9.22. The molecule has 1 N–H and O–H groups in total. The summed E-state index contributed by atoms with van der Waals surface area (Å²) in [6, 6.07) is 4.31. The molecule has 1 saturated heterocycles. The molecule has 0 saturated carbocycles. The lowest BCUT2D eigenvalue weighted by molar-refractivity contribution is 0.128. The van der Waals surface area contributed by atoms with Crippen LogP contribution in [-0.4, -0.2) is 35.7 Å². The van der Waals surface area contributed by atoms with Gasteiger partial charge in [0.1, 0.15) is 0 Å². The Labute approximate surface area is 95.5 Å². The lowest BCUT2D eigenvalue weighted by Gasteiger charge is -2.16. The minimum atomic E-state index is -0.142. The maximum atomic E-state index is 9.50. The van der Waals surface area contributed by atoms with Gasteiger partial charge in [-0.2, -0.15) is 0 Å². The molecular formula is C12H19NOS. The van der Waals surface area contributed by atoms with E-state index in [0.717, 1.165) is 32.5 Å². The van der Waals surface area contributed by atoms with E-state index in [2.05, 4.69) is 22.4 Å². The van der Waals surface area contributed by atoms with Crippen LogP contribution in [0.25, 0.3) is 0 Å². The second-order valence-electron chi connectivity index (χ2n) is 4.42. The van der Waals surface area contributed by atoms with Crippen molar-refractivity contribution in [2.45, 2.75) is 25.9 Å². The molecule has 15 heavy (non-hydrogen) atoms. The monoisotopic (exact) mass is 225 g/mol. The van der Waals surface area contributed by atoms with Crippen molar-refractivity contribution < 1.29 is 5.11 Å². The molecule has 84 valence electrons. The molecule has 2 nitrogen and oxygen atoms in total. The van der Waals surface area contributed by atoms with Gasteiger partial charge in [-0.1, -0.05) is 6.07 Å². The molecule has 1 aromatic heterocycles. The first kappa shape index (κ1) is 11.1. The smallest absolute Gasteiger partial charge is 0.0552 e. The predicted octanol–water partition coefficient (Wildman–Crippen LogP) is 1.99. The Morgan fingerprint density at radius 1 is 1.67 bits per heavy atom. The number of aliphatic hydroxyl groups is 1. The summed E-state index contributed by atoms with van der Waals surface area (Å²) < 4.78 is 0. The van der Waals surface area contributed by atoms with Gasteiger partial charge in [0, 0.05) is 18.0 Å². The van der Waals surface area contributed by atoms with Crippen LogP contribution < -0.4 is 0 Å². The number of hydrogen-bond donors (Lipinski definition) is 1. The molecule has 0 amide bonds. The fourth-order valence-electron chi connectivity index (χ4n) is 2.18. The average molecular weight is 225 g/mol. The van der Waals surface area contributed by atoms with Crippen molar-refractivity contribution in [2.24, 2.45) is 5.92 Å². The second kappa shape index (κ2) is 5.10. The highest BCUT2D eigenvalue weighted by Gasteiger charge is 2.25. The van der Waals surface area contributed by atoms with Gasteiger partial charge in [0.15, 0.2) is 0 Å². The van der Waals surface area contributed by atoms with Crippen LogP contribution in [0.2, 0.25) is 0 Å². The molecule has 3 heteroatoms. The third kappa shape index (κ3) is 3.03. The Morgan fingerprint density at radius 2 is 2.53 bits per heavy atom. The Bertz CT molecular complexity index is 284. The molecule has 1 aliphatic rings. The largest absolute Gasteiger partial charge is 0.393 e. The number of nitrogens with zero attached hydrogens (tertiary/aromatic N) is 1. The maximum absolute atomic E-state index is 9.50.